The molecule has 0 aliphatic carbocycles. The largest absolute Gasteiger partial charge is 0.478 e. The number of nitrogens with one attached hydrogen (secondary N) is 1. The van der Waals surface area contributed by atoms with Crippen molar-refractivity contribution >= 4 is 23.5 Å². The van der Waals surface area contributed by atoms with E-state index in [2.05, 4.69) is 5.32 Å². The van der Waals surface area contributed by atoms with E-state index in [0.717, 1.165) is 11.1 Å². The predicted octanol–water partition coefficient (Wildman–Crippen LogP) is 4.22. The topological polar surface area (TPSA) is 75.6 Å². The fraction of sp³-hybridized carbons (Fsp3) is 0.364. The van der Waals surface area contributed by atoms with Crippen molar-refractivity contribution in [3.8, 4) is 5.75 Å². The van der Waals surface area contributed by atoms with Crippen LogP contribution < -0.4 is 10.1 Å². The second kappa shape index (κ2) is 8.65. The molecule has 0 saturated carbocycles. The standard InChI is InChI=1S/C22H26ClNO4/c1-21(2,16-7-9-17(23)10-8-16)19(25)24-14-13-15-5-11-18(12-6-15)28-22(3,4)20(26)27/h5-12H,13-14H2,1-4H3,(H,24,25)(H,26,27). The van der Waals surface area contributed by atoms with Gasteiger partial charge in [0, 0.05) is 11.6 Å². The lowest BCUT2D eigenvalue weighted by Gasteiger charge is -2.24. The molecule has 0 unspecified atom stereocenters. The van der Waals surface area contributed by atoms with E-state index in [0.29, 0.717) is 23.7 Å². The molecule has 0 saturated heterocycles. The third kappa shape index (κ3) is 5.49. The molecule has 2 aromatic rings. The summed E-state index contributed by atoms with van der Waals surface area (Å²) in [6, 6.07) is 14.5. The summed E-state index contributed by atoms with van der Waals surface area (Å²) < 4.78 is 5.48. The normalized spacial score (nSPS) is 11.8. The molecular weight excluding hydrogens is 378 g/mol. The van der Waals surface area contributed by atoms with Crippen LogP contribution in [0.4, 0.5) is 0 Å². The van der Waals surface area contributed by atoms with E-state index in [1.165, 1.54) is 13.8 Å². The van der Waals surface area contributed by atoms with E-state index in [4.69, 9.17) is 21.4 Å². The van der Waals surface area contributed by atoms with Gasteiger partial charge in [-0.2, -0.15) is 0 Å². The fourth-order valence-corrected chi connectivity index (χ4v) is 2.73. The summed E-state index contributed by atoms with van der Waals surface area (Å²) in [6.45, 7) is 7.25. The van der Waals surface area contributed by atoms with Gasteiger partial charge in [0.25, 0.3) is 0 Å². The molecule has 0 aliphatic heterocycles. The first-order chi connectivity index (χ1) is 13.0. The third-order valence-electron chi connectivity index (χ3n) is 4.64. The Balaban J connectivity index is 1.89. The second-order valence-corrected chi connectivity index (χ2v) is 8.14. The lowest BCUT2D eigenvalue weighted by atomic mass is 9.83. The van der Waals surface area contributed by atoms with Crippen LogP contribution in [0.15, 0.2) is 48.5 Å². The molecule has 0 fully saturated rings. The van der Waals surface area contributed by atoms with Crippen molar-refractivity contribution in [3.05, 3.63) is 64.7 Å². The number of halogens is 1. The second-order valence-electron chi connectivity index (χ2n) is 7.70. The first kappa shape index (κ1) is 21.8. The minimum absolute atomic E-state index is 0.0574. The fourth-order valence-electron chi connectivity index (χ4n) is 2.60. The first-order valence-electron chi connectivity index (χ1n) is 9.08. The Morgan fingerprint density at radius 1 is 1.00 bits per heavy atom. The zero-order valence-electron chi connectivity index (χ0n) is 16.6. The molecule has 0 atom stereocenters. The van der Waals surface area contributed by atoms with Gasteiger partial charge in [0.2, 0.25) is 5.91 Å². The molecule has 2 rings (SSSR count). The lowest BCUT2D eigenvalue weighted by molar-refractivity contribution is -0.152. The SMILES string of the molecule is CC(C)(Oc1ccc(CCNC(=O)C(C)(C)c2ccc(Cl)cc2)cc1)C(=O)O. The molecule has 1 amide bonds. The van der Waals surface area contributed by atoms with Crippen molar-refractivity contribution in [1.82, 2.24) is 5.32 Å². The zero-order chi connectivity index (χ0) is 20.9. The molecule has 28 heavy (non-hydrogen) atoms. The highest BCUT2D eigenvalue weighted by Crippen LogP contribution is 2.25. The Morgan fingerprint density at radius 2 is 1.57 bits per heavy atom. The van der Waals surface area contributed by atoms with E-state index in [9.17, 15) is 9.59 Å². The summed E-state index contributed by atoms with van der Waals surface area (Å²) in [5, 5.41) is 12.7. The number of aliphatic carboxylic acids is 1. The van der Waals surface area contributed by atoms with Crippen molar-refractivity contribution in [3.63, 3.8) is 0 Å². The molecule has 0 aliphatic rings. The quantitative estimate of drug-likeness (QED) is 0.692. The smallest absolute Gasteiger partial charge is 0.347 e. The number of rotatable bonds is 8. The minimum Gasteiger partial charge on any atom is -0.478 e. The monoisotopic (exact) mass is 403 g/mol. The van der Waals surface area contributed by atoms with Crippen LogP contribution in [-0.2, 0) is 21.4 Å². The van der Waals surface area contributed by atoms with Crippen LogP contribution in [0.25, 0.3) is 0 Å². The predicted molar refractivity (Wildman–Crippen MR) is 110 cm³/mol. The average Bonchev–Trinajstić information content (AvgIpc) is 2.63. The van der Waals surface area contributed by atoms with Crippen LogP contribution in [0.1, 0.15) is 38.8 Å². The lowest BCUT2D eigenvalue weighted by Crippen LogP contribution is -2.40. The van der Waals surface area contributed by atoms with Gasteiger partial charge in [0.05, 0.1) is 5.41 Å². The van der Waals surface area contributed by atoms with E-state index in [1.54, 1.807) is 24.3 Å². The summed E-state index contributed by atoms with van der Waals surface area (Å²) in [6.07, 6.45) is 0.658. The molecule has 0 aromatic heterocycles. The summed E-state index contributed by atoms with van der Waals surface area (Å²) in [4.78, 5) is 23.7. The molecule has 2 aromatic carbocycles. The molecule has 0 heterocycles. The van der Waals surface area contributed by atoms with Gasteiger partial charge in [-0.05, 0) is 69.5 Å². The highest BCUT2D eigenvalue weighted by atomic mass is 35.5. The Bertz CT molecular complexity index is 827. The third-order valence-corrected chi connectivity index (χ3v) is 4.90. The number of amides is 1. The van der Waals surface area contributed by atoms with E-state index >= 15 is 0 Å². The highest BCUT2D eigenvalue weighted by molar-refractivity contribution is 6.30. The van der Waals surface area contributed by atoms with Crippen molar-refractivity contribution in [1.29, 1.82) is 0 Å². The molecule has 150 valence electrons. The van der Waals surface area contributed by atoms with E-state index in [-0.39, 0.29) is 5.91 Å². The van der Waals surface area contributed by atoms with E-state index in [1.807, 2.05) is 38.1 Å². The number of hydrogen-bond donors (Lipinski definition) is 2. The first-order valence-corrected chi connectivity index (χ1v) is 9.46. The number of carboxylic acids is 1. The van der Waals surface area contributed by atoms with Crippen LogP contribution in [0.2, 0.25) is 5.02 Å². The molecular formula is C22H26ClNO4. The Labute approximate surface area is 170 Å². The van der Waals surface area contributed by atoms with Gasteiger partial charge >= 0.3 is 5.97 Å². The molecule has 2 N–H and O–H groups in total. The Morgan fingerprint density at radius 3 is 2.11 bits per heavy atom. The Hall–Kier alpha value is -2.53. The van der Waals surface area contributed by atoms with Gasteiger partial charge < -0.3 is 15.2 Å². The zero-order valence-corrected chi connectivity index (χ0v) is 17.3. The summed E-state index contributed by atoms with van der Waals surface area (Å²) in [7, 11) is 0. The van der Waals surface area contributed by atoms with Crippen molar-refractivity contribution in [2.24, 2.45) is 0 Å². The van der Waals surface area contributed by atoms with Gasteiger partial charge in [0.15, 0.2) is 5.60 Å². The van der Waals surface area contributed by atoms with Crippen LogP contribution in [0.5, 0.6) is 5.75 Å². The maximum Gasteiger partial charge on any atom is 0.347 e. The molecule has 0 radical (unpaired) electrons. The number of ether oxygens (including phenoxy) is 1. The summed E-state index contributed by atoms with van der Waals surface area (Å²) in [5.41, 5.74) is -0.0324. The van der Waals surface area contributed by atoms with Gasteiger partial charge in [-0.1, -0.05) is 35.9 Å². The van der Waals surface area contributed by atoms with E-state index < -0.39 is 17.0 Å². The number of benzene rings is 2. The summed E-state index contributed by atoms with van der Waals surface area (Å²) >= 11 is 5.92. The van der Waals surface area contributed by atoms with Crippen LogP contribution in [-0.4, -0.2) is 29.1 Å². The van der Waals surface area contributed by atoms with Gasteiger partial charge in [-0.15, -0.1) is 0 Å². The Kier molecular flexibility index (Phi) is 6.73. The van der Waals surface area contributed by atoms with Crippen LogP contribution >= 0.6 is 11.6 Å². The summed E-state index contributed by atoms with van der Waals surface area (Å²) in [5.74, 6) is -0.593. The minimum atomic E-state index is -1.29. The van der Waals surface area contributed by atoms with Gasteiger partial charge in [-0.3, -0.25) is 4.79 Å². The maximum absolute atomic E-state index is 12.6. The average molecular weight is 404 g/mol. The highest BCUT2D eigenvalue weighted by Gasteiger charge is 2.30. The number of hydrogen-bond acceptors (Lipinski definition) is 3. The van der Waals surface area contributed by atoms with Crippen LogP contribution in [0, 0.1) is 0 Å². The molecule has 6 heteroatoms. The number of carboxylic acid groups (broad SMARTS) is 1. The van der Waals surface area contributed by atoms with Crippen molar-refractivity contribution in [2.45, 2.75) is 45.1 Å². The van der Waals surface area contributed by atoms with Crippen molar-refractivity contribution < 1.29 is 19.4 Å². The maximum atomic E-state index is 12.6. The number of carbonyl (C=O) groups is 2. The van der Waals surface area contributed by atoms with Gasteiger partial charge in [-0.25, -0.2) is 4.79 Å². The molecule has 0 bridgehead atoms. The number of carbonyl (C=O) groups excluding carboxylic acids is 1. The van der Waals surface area contributed by atoms with Crippen LogP contribution in [0.3, 0.4) is 0 Å². The van der Waals surface area contributed by atoms with Crippen molar-refractivity contribution in [2.75, 3.05) is 6.54 Å². The molecule has 5 nitrogen and oxygen atoms in total. The van der Waals surface area contributed by atoms with Gasteiger partial charge in [0.1, 0.15) is 5.75 Å². The molecule has 0 spiro atoms.